The molecule has 40 heavy (non-hydrogen) atoms. The van der Waals surface area contributed by atoms with Gasteiger partial charge in [-0.1, -0.05) is 30.3 Å². The number of hydrogen-bond donors (Lipinski definition) is 0. The molecule has 19 heteroatoms. The maximum atomic E-state index is 13.8. The molecule has 0 saturated carbocycles. The highest BCUT2D eigenvalue weighted by Crippen LogP contribution is 2.64. The topological polar surface area (TPSA) is 18.5 Å². The van der Waals surface area contributed by atoms with Gasteiger partial charge in [-0.2, -0.15) is 74.6 Å². The van der Waals surface area contributed by atoms with E-state index in [0.29, 0.717) is 12.8 Å². The summed E-state index contributed by atoms with van der Waals surface area (Å²) in [6.45, 7) is -1.60. The number of alkyl halides is 17. The van der Waals surface area contributed by atoms with Crippen LogP contribution in [0.1, 0.15) is 24.8 Å². The molecular formula is C21H19F17O2. The summed E-state index contributed by atoms with van der Waals surface area (Å²) >= 11 is 0. The van der Waals surface area contributed by atoms with Crippen LogP contribution in [-0.2, 0) is 15.9 Å². The second-order valence-electron chi connectivity index (χ2n) is 8.28. The first-order valence-electron chi connectivity index (χ1n) is 10.7. The highest BCUT2D eigenvalue weighted by Gasteiger charge is 2.95. The molecule has 0 spiro atoms. The van der Waals surface area contributed by atoms with Gasteiger partial charge in [-0.05, 0) is 24.8 Å². The first kappa shape index (κ1) is 36.0. The predicted octanol–water partition coefficient (Wildman–Crippen LogP) is 8.40. The Balaban J connectivity index is 2.83. The second-order valence-corrected chi connectivity index (χ2v) is 8.28. The van der Waals surface area contributed by atoms with Gasteiger partial charge in [0.1, 0.15) is 6.79 Å². The zero-order valence-electron chi connectivity index (χ0n) is 19.6. The molecule has 1 aromatic carbocycles. The largest absolute Gasteiger partial charge is 0.460 e. The second kappa shape index (κ2) is 12.1. The summed E-state index contributed by atoms with van der Waals surface area (Å²) in [6.07, 6.45) is -10.7. The summed E-state index contributed by atoms with van der Waals surface area (Å²) in [4.78, 5) is 0. The van der Waals surface area contributed by atoms with E-state index in [1.807, 2.05) is 0 Å². The molecule has 2 nitrogen and oxygen atoms in total. The molecule has 0 aliphatic carbocycles. The van der Waals surface area contributed by atoms with Gasteiger partial charge >= 0.3 is 47.6 Å². The third-order valence-electron chi connectivity index (χ3n) is 5.33. The molecule has 234 valence electrons. The fourth-order valence-electron chi connectivity index (χ4n) is 2.95. The third-order valence-corrected chi connectivity index (χ3v) is 5.33. The standard InChI is InChI=1S/C21H19F17O2/c22-14(23,9-5-11-40-12-39-10-4-8-13-6-2-1-3-7-13)15(24,25)16(26,27)17(28,29)18(30,31)19(32,33)20(34,35)21(36,37)38/h1-3,6-7H,4-5,8-12H2. The lowest BCUT2D eigenvalue weighted by Crippen LogP contribution is -2.74. The average Bonchev–Trinajstić information content (AvgIpc) is 2.82. The van der Waals surface area contributed by atoms with Gasteiger partial charge in [0.2, 0.25) is 0 Å². The summed E-state index contributed by atoms with van der Waals surface area (Å²) in [5, 5.41) is 0. The van der Waals surface area contributed by atoms with Gasteiger partial charge < -0.3 is 9.47 Å². The smallest absolute Gasteiger partial charge is 0.355 e. The van der Waals surface area contributed by atoms with E-state index in [1.165, 1.54) is 0 Å². The van der Waals surface area contributed by atoms with Crippen LogP contribution < -0.4 is 0 Å². The Morgan fingerprint density at radius 1 is 0.475 bits per heavy atom. The number of aryl methyl sites for hydroxylation is 1. The van der Waals surface area contributed by atoms with E-state index < -0.39 is 73.9 Å². The molecule has 0 aliphatic heterocycles. The van der Waals surface area contributed by atoms with E-state index in [4.69, 9.17) is 4.74 Å². The van der Waals surface area contributed by atoms with Crippen molar-refractivity contribution in [3.8, 4) is 0 Å². The summed E-state index contributed by atoms with van der Waals surface area (Å²) in [6, 6.07) is 8.84. The molecule has 0 heterocycles. The van der Waals surface area contributed by atoms with Crippen LogP contribution >= 0.6 is 0 Å². The molecule has 0 bridgehead atoms. The van der Waals surface area contributed by atoms with Crippen molar-refractivity contribution in [2.75, 3.05) is 20.0 Å². The number of ether oxygens (including phenoxy) is 2. The molecule has 0 unspecified atom stereocenters. The quantitative estimate of drug-likeness (QED) is 0.104. The van der Waals surface area contributed by atoms with Gasteiger partial charge in [0.25, 0.3) is 0 Å². The fraction of sp³-hybridized carbons (Fsp3) is 0.714. The van der Waals surface area contributed by atoms with E-state index in [1.54, 1.807) is 30.3 Å². The fourth-order valence-corrected chi connectivity index (χ4v) is 2.95. The van der Waals surface area contributed by atoms with Crippen molar-refractivity contribution < 1.29 is 84.1 Å². The highest BCUT2D eigenvalue weighted by atomic mass is 19.4. The average molecular weight is 626 g/mol. The lowest BCUT2D eigenvalue weighted by Gasteiger charge is -2.42. The normalized spacial score (nSPS) is 15.0. The summed E-state index contributed by atoms with van der Waals surface area (Å²) in [7, 11) is 0. The minimum atomic E-state index is -8.62. The van der Waals surface area contributed by atoms with Crippen LogP contribution in [0.15, 0.2) is 30.3 Å². The first-order valence-corrected chi connectivity index (χ1v) is 10.7. The van der Waals surface area contributed by atoms with Crippen molar-refractivity contribution >= 4 is 0 Å². The van der Waals surface area contributed by atoms with Crippen molar-refractivity contribution in [3.05, 3.63) is 35.9 Å². The van der Waals surface area contributed by atoms with Gasteiger partial charge in [-0.3, -0.25) is 0 Å². The monoisotopic (exact) mass is 626 g/mol. The van der Waals surface area contributed by atoms with Gasteiger partial charge in [-0.15, -0.1) is 0 Å². The lowest BCUT2D eigenvalue weighted by molar-refractivity contribution is -0.461. The number of hydrogen-bond acceptors (Lipinski definition) is 2. The Hall–Kier alpha value is -2.05. The zero-order valence-corrected chi connectivity index (χ0v) is 19.6. The van der Waals surface area contributed by atoms with E-state index in [0.717, 1.165) is 5.56 Å². The third kappa shape index (κ3) is 6.54. The van der Waals surface area contributed by atoms with Crippen LogP contribution in [-0.4, -0.2) is 67.6 Å². The molecule has 0 aromatic heterocycles. The molecule has 0 radical (unpaired) electrons. The van der Waals surface area contributed by atoms with Gasteiger partial charge in [0.15, 0.2) is 0 Å². The number of rotatable bonds is 16. The summed E-state index contributed by atoms with van der Waals surface area (Å²) in [5.74, 6) is -56.2. The molecule has 0 aliphatic rings. The van der Waals surface area contributed by atoms with Crippen molar-refractivity contribution in [1.82, 2.24) is 0 Å². The maximum absolute atomic E-state index is 13.8. The molecule has 0 saturated heterocycles. The van der Waals surface area contributed by atoms with Crippen LogP contribution in [0.2, 0.25) is 0 Å². The zero-order chi connectivity index (χ0) is 31.5. The lowest BCUT2D eigenvalue weighted by atomic mass is 9.88. The van der Waals surface area contributed by atoms with Crippen LogP contribution in [0.3, 0.4) is 0 Å². The number of benzene rings is 1. The van der Waals surface area contributed by atoms with E-state index in [-0.39, 0.29) is 6.61 Å². The molecule has 0 fully saturated rings. The van der Waals surface area contributed by atoms with E-state index in [9.17, 15) is 74.6 Å². The minimum absolute atomic E-state index is 0.0384. The van der Waals surface area contributed by atoms with Crippen LogP contribution in [0.5, 0.6) is 0 Å². The maximum Gasteiger partial charge on any atom is 0.460 e. The van der Waals surface area contributed by atoms with Crippen LogP contribution in [0.4, 0.5) is 74.6 Å². The Kier molecular flexibility index (Phi) is 10.8. The number of halogens is 17. The summed E-state index contributed by atoms with van der Waals surface area (Å²) < 4.78 is 234. The van der Waals surface area contributed by atoms with Crippen molar-refractivity contribution in [2.24, 2.45) is 0 Å². The Morgan fingerprint density at radius 2 is 0.875 bits per heavy atom. The summed E-state index contributed by atoms with van der Waals surface area (Å²) in [5.41, 5.74) is 0.924. The molecule has 0 atom stereocenters. The molecule has 0 N–H and O–H groups in total. The minimum Gasteiger partial charge on any atom is -0.355 e. The van der Waals surface area contributed by atoms with E-state index >= 15 is 0 Å². The van der Waals surface area contributed by atoms with E-state index in [2.05, 4.69) is 4.74 Å². The molecule has 1 rings (SSSR count). The van der Waals surface area contributed by atoms with Crippen LogP contribution in [0, 0.1) is 0 Å². The molecule has 1 aromatic rings. The molecular weight excluding hydrogens is 607 g/mol. The Morgan fingerprint density at radius 3 is 1.32 bits per heavy atom. The Bertz CT molecular complexity index is 929. The van der Waals surface area contributed by atoms with Crippen molar-refractivity contribution in [1.29, 1.82) is 0 Å². The SMILES string of the molecule is FC(F)(F)C(F)(F)C(F)(F)C(F)(F)C(F)(F)C(F)(F)C(F)(F)C(F)(F)CCCOCOCCCc1ccccc1. The molecule has 0 amide bonds. The van der Waals surface area contributed by atoms with Gasteiger partial charge in [-0.25, -0.2) is 0 Å². The predicted molar refractivity (Wildman–Crippen MR) is 101 cm³/mol. The highest BCUT2D eigenvalue weighted by molar-refractivity contribution is 5.15. The van der Waals surface area contributed by atoms with Crippen molar-refractivity contribution in [2.45, 2.75) is 73.3 Å². The Labute approximate surface area is 214 Å². The van der Waals surface area contributed by atoms with Crippen molar-refractivity contribution in [3.63, 3.8) is 0 Å². The van der Waals surface area contributed by atoms with Gasteiger partial charge in [0, 0.05) is 19.6 Å². The first-order chi connectivity index (χ1) is 17.8. The van der Waals surface area contributed by atoms with Gasteiger partial charge in [0.05, 0.1) is 0 Å². The van der Waals surface area contributed by atoms with Crippen LogP contribution in [0.25, 0.3) is 0 Å².